The van der Waals surface area contributed by atoms with Gasteiger partial charge in [-0.25, -0.2) is 0 Å². The lowest BCUT2D eigenvalue weighted by molar-refractivity contribution is 0.0932. The van der Waals surface area contributed by atoms with E-state index in [1.54, 1.807) is 0 Å². The highest BCUT2D eigenvalue weighted by molar-refractivity contribution is 5.80. The van der Waals surface area contributed by atoms with Gasteiger partial charge >= 0.3 is 0 Å². The number of allylic oxidation sites excluding steroid dienone is 2. The molecule has 2 rings (SSSR count). The average Bonchev–Trinajstić information content (AvgIpc) is 2.51. The van der Waals surface area contributed by atoms with E-state index in [9.17, 15) is 0 Å². The van der Waals surface area contributed by atoms with Crippen LogP contribution in [-0.4, -0.2) is 5.66 Å². The van der Waals surface area contributed by atoms with E-state index in [1.807, 2.05) is 6.08 Å². The summed E-state index contributed by atoms with van der Waals surface area (Å²) in [6.07, 6.45) is 6.54. The van der Waals surface area contributed by atoms with Crippen molar-refractivity contribution in [2.24, 2.45) is 28.7 Å². The van der Waals surface area contributed by atoms with Gasteiger partial charge < -0.3 is 11.5 Å². The summed E-state index contributed by atoms with van der Waals surface area (Å²) < 4.78 is 0. The smallest absolute Gasteiger partial charge is 0.0930 e. The van der Waals surface area contributed by atoms with Gasteiger partial charge in [0.25, 0.3) is 0 Å². The summed E-state index contributed by atoms with van der Waals surface area (Å²) >= 11 is 0. The predicted molar refractivity (Wildman–Crippen MR) is 131 cm³/mol. The third-order valence-corrected chi connectivity index (χ3v) is 6.53. The molecule has 0 fully saturated rings. The molecule has 0 spiro atoms. The van der Waals surface area contributed by atoms with Gasteiger partial charge in [0.2, 0.25) is 0 Å². The Labute approximate surface area is 180 Å². The Morgan fingerprint density at radius 3 is 1.76 bits per heavy atom. The van der Waals surface area contributed by atoms with Gasteiger partial charge in [0.1, 0.15) is 0 Å². The molecule has 1 aliphatic carbocycles. The van der Waals surface area contributed by atoms with Gasteiger partial charge in [0.15, 0.2) is 0 Å². The molecule has 0 saturated heterocycles. The summed E-state index contributed by atoms with van der Waals surface area (Å²) in [7, 11) is 0. The fourth-order valence-electron chi connectivity index (χ4n) is 5.20. The molecule has 1 aromatic rings. The van der Waals surface area contributed by atoms with Crippen LogP contribution in [0.15, 0.2) is 36.4 Å². The van der Waals surface area contributed by atoms with E-state index in [-0.39, 0.29) is 23.7 Å². The molecular formula is C27H46N2. The van der Waals surface area contributed by atoms with Crippen molar-refractivity contribution in [2.75, 3.05) is 0 Å². The van der Waals surface area contributed by atoms with E-state index in [0.717, 1.165) is 0 Å². The van der Waals surface area contributed by atoms with Crippen molar-refractivity contribution in [3.05, 3.63) is 53.1 Å². The molecule has 1 aliphatic rings. The monoisotopic (exact) mass is 398 g/mol. The van der Waals surface area contributed by atoms with E-state index >= 15 is 0 Å². The molecule has 2 heteroatoms. The van der Waals surface area contributed by atoms with Crippen molar-refractivity contribution < 1.29 is 0 Å². The van der Waals surface area contributed by atoms with Crippen LogP contribution >= 0.6 is 0 Å². The Morgan fingerprint density at radius 2 is 1.34 bits per heavy atom. The number of rotatable bonds is 3. The normalized spacial score (nSPS) is 18.6. The Morgan fingerprint density at radius 1 is 0.828 bits per heavy atom. The standard InChI is InChI=1S/C26H42N2.CH4/c1-17(2)25(18(3)4)16-19(14-15-26(25,27)28)20-12-11-13-21(23(5,6)7)22(20)24(8,9)10;/h11-18H,27-28H2,1-10H3;1H4. The zero-order valence-corrected chi connectivity index (χ0v) is 19.8. The van der Waals surface area contributed by atoms with Crippen LogP contribution in [0.5, 0.6) is 0 Å². The molecular weight excluding hydrogens is 352 g/mol. The molecule has 0 amide bonds. The average molecular weight is 399 g/mol. The van der Waals surface area contributed by atoms with Crippen molar-refractivity contribution in [2.45, 2.75) is 93.2 Å². The minimum Gasteiger partial charge on any atom is -0.309 e. The molecule has 0 unspecified atom stereocenters. The molecule has 0 heterocycles. The highest BCUT2D eigenvalue weighted by Crippen LogP contribution is 2.49. The summed E-state index contributed by atoms with van der Waals surface area (Å²) in [5.41, 5.74) is 17.7. The molecule has 29 heavy (non-hydrogen) atoms. The second-order valence-corrected chi connectivity index (χ2v) is 11.3. The van der Waals surface area contributed by atoms with E-state index in [1.165, 1.54) is 22.3 Å². The van der Waals surface area contributed by atoms with Crippen LogP contribution in [0.4, 0.5) is 0 Å². The number of hydrogen-bond acceptors (Lipinski definition) is 2. The fourth-order valence-corrected chi connectivity index (χ4v) is 5.20. The van der Waals surface area contributed by atoms with E-state index in [0.29, 0.717) is 11.8 Å². The van der Waals surface area contributed by atoms with Gasteiger partial charge in [-0.15, -0.1) is 0 Å². The molecule has 0 saturated carbocycles. The summed E-state index contributed by atoms with van der Waals surface area (Å²) in [5.74, 6) is 0.651. The van der Waals surface area contributed by atoms with Gasteiger partial charge in [-0.1, -0.05) is 107 Å². The maximum absolute atomic E-state index is 6.67. The lowest BCUT2D eigenvalue weighted by Crippen LogP contribution is -2.65. The van der Waals surface area contributed by atoms with E-state index in [4.69, 9.17) is 11.5 Å². The van der Waals surface area contributed by atoms with Crippen LogP contribution < -0.4 is 11.5 Å². The third kappa shape index (κ3) is 4.39. The molecule has 0 aromatic heterocycles. The molecule has 0 bridgehead atoms. The fraction of sp³-hybridized carbons (Fsp3) is 0.630. The second-order valence-electron chi connectivity index (χ2n) is 11.3. The highest BCUT2D eigenvalue weighted by Gasteiger charge is 2.50. The summed E-state index contributed by atoms with van der Waals surface area (Å²) in [4.78, 5) is 0. The molecule has 0 atom stereocenters. The van der Waals surface area contributed by atoms with Crippen molar-refractivity contribution in [3.63, 3.8) is 0 Å². The summed E-state index contributed by atoms with van der Waals surface area (Å²) in [5, 5.41) is 0. The maximum atomic E-state index is 6.67. The van der Waals surface area contributed by atoms with Crippen molar-refractivity contribution in [3.8, 4) is 0 Å². The quantitative estimate of drug-likeness (QED) is 0.551. The van der Waals surface area contributed by atoms with Crippen LogP contribution in [-0.2, 0) is 10.8 Å². The Kier molecular flexibility index (Phi) is 7.11. The first-order chi connectivity index (χ1) is 12.6. The highest BCUT2D eigenvalue weighted by atomic mass is 15.0. The largest absolute Gasteiger partial charge is 0.309 e. The van der Waals surface area contributed by atoms with Gasteiger partial charge in [-0.05, 0) is 51.0 Å². The maximum Gasteiger partial charge on any atom is 0.0930 e. The van der Waals surface area contributed by atoms with Crippen LogP contribution in [0.2, 0.25) is 0 Å². The zero-order chi connectivity index (χ0) is 21.7. The van der Waals surface area contributed by atoms with E-state index in [2.05, 4.69) is 99.6 Å². The van der Waals surface area contributed by atoms with E-state index < -0.39 is 5.66 Å². The van der Waals surface area contributed by atoms with Crippen LogP contribution in [0.25, 0.3) is 5.57 Å². The first-order valence-electron chi connectivity index (χ1n) is 10.7. The molecule has 0 radical (unpaired) electrons. The van der Waals surface area contributed by atoms with Crippen molar-refractivity contribution in [1.29, 1.82) is 0 Å². The summed E-state index contributed by atoms with van der Waals surface area (Å²) in [6.45, 7) is 22.7. The van der Waals surface area contributed by atoms with Gasteiger partial charge in [-0.2, -0.15) is 0 Å². The van der Waals surface area contributed by atoms with Gasteiger partial charge in [0, 0.05) is 5.41 Å². The topological polar surface area (TPSA) is 52.0 Å². The van der Waals surface area contributed by atoms with Crippen LogP contribution in [0, 0.1) is 17.3 Å². The van der Waals surface area contributed by atoms with Crippen LogP contribution in [0.1, 0.15) is 93.4 Å². The Hall–Kier alpha value is -1.38. The third-order valence-electron chi connectivity index (χ3n) is 6.53. The lowest BCUT2D eigenvalue weighted by Gasteiger charge is -2.51. The first kappa shape index (κ1) is 25.7. The van der Waals surface area contributed by atoms with Gasteiger partial charge in [-0.3, -0.25) is 0 Å². The molecule has 1 aromatic carbocycles. The molecule has 4 N–H and O–H groups in total. The van der Waals surface area contributed by atoms with Crippen molar-refractivity contribution in [1.82, 2.24) is 0 Å². The number of hydrogen-bond donors (Lipinski definition) is 2. The minimum atomic E-state index is -0.859. The first-order valence-corrected chi connectivity index (χ1v) is 10.7. The zero-order valence-electron chi connectivity index (χ0n) is 19.8. The Balaban J connectivity index is 0.00000420. The molecule has 0 aliphatic heterocycles. The summed E-state index contributed by atoms with van der Waals surface area (Å²) in [6, 6.07) is 6.74. The molecule has 2 nitrogen and oxygen atoms in total. The Bertz CT molecular complexity index is 770. The number of nitrogens with two attached hydrogens (primary N) is 2. The molecule has 164 valence electrons. The second kappa shape index (κ2) is 8.04. The lowest BCUT2D eigenvalue weighted by atomic mass is 9.58. The van der Waals surface area contributed by atoms with Gasteiger partial charge in [0.05, 0.1) is 5.66 Å². The predicted octanol–water partition coefficient (Wildman–Crippen LogP) is 6.78. The van der Waals surface area contributed by atoms with Crippen molar-refractivity contribution >= 4 is 5.57 Å². The minimum absolute atomic E-state index is 0. The number of benzene rings is 1. The van der Waals surface area contributed by atoms with Crippen LogP contribution in [0.3, 0.4) is 0 Å². The SMILES string of the molecule is C.CC(C)C1(C(C)C)C=C(c2cccc(C(C)(C)C)c2C(C)(C)C)C=CC1(N)N.